The van der Waals surface area contributed by atoms with Gasteiger partial charge in [-0.2, -0.15) is 0 Å². The number of esters is 1. The third-order valence-corrected chi connectivity index (χ3v) is 8.15. The fourth-order valence-corrected chi connectivity index (χ4v) is 5.97. The lowest BCUT2D eigenvalue weighted by atomic mass is 9.50. The number of hydrogen-bond acceptors (Lipinski definition) is 9. The number of allylic oxidation sites excluding steroid dienone is 1. The molecule has 0 amide bonds. The SMILES string of the molecule is CC1C2CC3(C(=CCC3C)C1(C)COC1OC(CO)C(O)C(O)C1O)C(O)C(=O)O2. The fraction of sp³-hybridized carbons (Fsp3) is 0.857. The molecule has 0 aromatic carbocycles. The molecule has 2 aliphatic heterocycles. The Morgan fingerprint density at radius 3 is 2.53 bits per heavy atom. The van der Waals surface area contributed by atoms with Crippen molar-refractivity contribution in [3.63, 3.8) is 0 Å². The third kappa shape index (κ3) is 2.91. The van der Waals surface area contributed by atoms with Crippen LogP contribution in [0.25, 0.3) is 0 Å². The Balaban J connectivity index is 1.60. The summed E-state index contributed by atoms with van der Waals surface area (Å²) in [5, 5.41) is 50.5. The minimum atomic E-state index is -1.52. The van der Waals surface area contributed by atoms with Crippen LogP contribution < -0.4 is 0 Å². The molecule has 2 saturated heterocycles. The van der Waals surface area contributed by atoms with Gasteiger partial charge in [0, 0.05) is 16.7 Å². The molecule has 3 fully saturated rings. The minimum Gasteiger partial charge on any atom is -0.460 e. The van der Waals surface area contributed by atoms with E-state index in [0.717, 1.165) is 12.0 Å². The molecule has 9 nitrogen and oxygen atoms in total. The van der Waals surface area contributed by atoms with E-state index in [2.05, 4.69) is 6.08 Å². The van der Waals surface area contributed by atoms with E-state index in [1.165, 1.54) is 0 Å². The maximum Gasteiger partial charge on any atom is 0.336 e. The Morgan fingerprint density at radius 1 is 1.17 bits per heavy atom. The summed E-state index contributed by atoms with van der Waals surface area (Å²) in [6.07, 6.45) is -4.99. The Hall–Kier alpha value is -1.07. The number of carbonyl (C=O) groups is 1. The zero-order chi connectivity index (χ0) is 22.0. The molecule has 2 bridgehead atoms. The number of carbonyl (C=O) groups excluding carboxylic acids is 1. The normalized spacial score (nSPS) is 53.1. The molecule has 0 aromatic heterocycles. The molecule has 5 N–H and O–H groups in total. The molecule has 4 aliphatic rings. The van der Waals surface area contributed by atoms with Gasteiger partial charge in [0.25, 0.3) is 0 Å². The number of ether oxygens (including phenoxy) is 3. The second-order valence-electron chi connectivity index (χ2n) is 9.59. The first-order chi connectivity index (χ1) is 14.1. The van der Waals surface area contributed by atoms with Gasteiger partial charge in [-0.15, -0.1) is 0 Å². The number of fused-ring (bicyclic) bond motifs is 1. The van der Waals surface area contributed by atoms with Gasteiger partial charge < -0.3 is 39.7 Å². The van der Waals surface area contributed by atoms with Crippen LogP contribution in [0, 0.1) is 22.7 Å². The highest BCUT2D eigenvalue weighted by Crippen LogP contribution is 2.64. The lowest BCUT2D eigenvalue weighted by Gasteiger charge is -2.58. The van der Waals surface area contributed by atoms with Crippen molar-refractivity contribution in [2.75, 3.05) is 13.2 Å². The molecule has 30 heavy (non-hydrogen) atoms. The molecular weight excluding hydrogens is 396 g/mol. The molecule has 0 aromatic rings. The van der Waals surface area contributed by atoms with Gasteiger partial charge in [-0.05, 0) is 18.8 Å². The van der Waals surface area contributed by atoms with Gasteiger partial charge in [0.05, 0.1) is 13.2 Å². The van der Waals surface area contributed by atoms with Crippen molar-refractivity contribution in [2.24, 2.45) is 22.7 Å². The van der Waals surface area contributed by atoms with Crippen molar-refractivity contribution in [1.29, 1.82) is 0 Å². The number of hydrogen-bond donors (Lipinski definition) is 5. The van der Waals surface area contributed by atoms with Gasteiger partial charge in [0.1, 0.15) is 30.5 Å². The summed E-state index contributed by atoms with van der Waals surface area (Å²) in [7, 11) is 0. The van der Waals surface area contributed by atoms with Crippen molar-refractivity contribution in [2.45, 2.75) is 76.5 Å². The van der Waals surface area contributed by atoms with Crippen LogP contribution in [0.3, 0.4) is 0 Å². The quantitative estimate of drug-likeness (QED) is 0.284. The van der Waals surface area contributed by atoms with Crippen LogP contribution in [0.15, 0.2) is 11.6 Å². The lowest BCUT2D eigenvalue weighted by Crippen LogP contribution is -2.64. The zero-order valence-corrected chi connectivity index (χ0v) is 17.5. The van der Waals surface area contributed by atoms with Crippen molar-refractivity contribution in [3.05, 3.63) is 11.6 Å². The van der Waals surface area contributed by atoms with Gasteiger partial charge in [-0.1, -0.05) is 32.4 Å². The van der Waals surface area contributed by atoms with E-state index in [9.17, 15) is 30.3 Å². The Morgan fingerprint density at radius 2 is 1.87 bits per heavy atom. The highest BCUT2D eigenvalue weighted by Gasteiger charge is 2.66. The van der Waals surface area contributed by atoms with Crippen molar-refractivity contribution in [3.8, 4) is 0 Å². The van der Waals surface area contributed by atoms with Gasteiger partial charge >= 0.3 is 5.97 Å². The van der Waals surface area contributed by atoms with E-state index in [4.69, 9.17) is 14.2 Å². The van der Waals surface area contributed by atoms with Crippen LogP contribution in [-0.4, -0.2) is 87.6 Å². The zero-order valence-electron chi connectivity index (χ0n) is 17.5. The van der Waals surface area contributed by atoms with Crippen LogP contribution in [0.4, 0.5) is 0 Å². The maximum absolute atomic E-state index is 12.4. The largest absolute Gasteiger partial charge is 0.460 e. The van der Waals surface area contributed by atoms with Gasteiger partial charge in [-0.3, -0.25) is 0 Å². The first-order valence-electron chi connectivity index (χ1n) is 10.6. The van der Waals surface area contributed by atoms with Crippen LogP contribution in [-0.2, 0) is 19.0 Å². The minimum absolute atomic E-state index is 0.0666. The summed E-state index contributed by atoms with van der Waals surface area (Å²) in [6, 6.07) is 0. The standard InChI is InChI=1S/C21H32O9/c1-9-4-5-13-20(3,10(2)11-6-21(9,13)17(26)18(27)29-11)8-28-19-16(25)15(24)14(23)12(7-22)30-19/h5,9-12,14-17,19,22-26H,4,6-8H2,1-3H3. The lowest BCUT2D eigenvalue weighted by molar-refractivity contribution is -0.308. The molecule has 2 aliphatic carbocycles. The first kappa shape index (κ1) is 22.1. The summed E-state index contributed by atoms with van der Waals surface area (Å²) in [5.41, 5.74) is -0.367. The van der Waals surface area contributed by atoms with Crippen LogP contribution in [0.1, 0.15) is 33.6 Å². The fourth-order valence-electron chi connectivity index (χ4n) is 5.97. The molecule has 11 unspecified atom stereocenters. The Bertz CT molecular complexity index is 723. The monoisotopic (exact) mass is 428 g/mol. The van der Waals surface area contributed by atoms with Gasteiger partial charge in [0.2, 0.25) is 0 Å². The van der Waals surface area contributed by atoms with Gasteiger partial charge in [0.15, 0.2) is 12.4 Å². The van der Waals surface area contributed by atoms with Crippen LogP contribution in [0.2, 0.25) is 0 Å². The molecule has 0 radical (unpaired) electrons. The van der Waals surface area contributed by atoms with E-state index in [1.807, 2.05) is 20.8 Å². The Labute approximate surface area is 175 Å². The van der Waals surface area contributed by atoms with Crippen molar-refractivity contribution >= 4 is 5.97 Å². The van der Waals surface area contributed by atoms with Gasteiger partial charge in [-0.25, -0.2) is 4.79 Å². The van der Waals surface area contributed by atoms with Crippen molar-refractivity contribution < 1.29 is 44.5 Å². The number of aliphatic hydroxyl groups excluding tert-OH is 5. The van der Waals surface area contributed by atoms with Crippen LogP contribution >= 0.6 is 0 Å². The molecule has 11 atom stereocenters. The van der Waals surface area contributed by atoms with E-state index in [0.29, 0.717) is 6.42 Å². The molecule has 1 saturated carbocycles. The molecule has 4 rings (SSSR count). The molecule has 9 heteroatoms. The average Bonchev–Trinajstić information content (AvgIpc) is 3.05. The number of rotatable bonds is 4. The predicted octanol–water partition coefficient (Wildman–Crippen LogP) is -0.912. The summed E-state index contributed by atoms with van der Waals surface area (Å²) in [4.78, 5) is 12.4. The predicted molar refractivity (Wildman–Crippen MR) is 102 cm³/mol. The van der Waals surface area contributed by atoms with E-state index in [1.54, 1.807) is 0 Å². The number of aliphatic hydroxyl groups is 5. The van der Waals surface area contributed by atoms with Crippen LogP contribution in [0.5, 0.6) is 0 Å². The third-order valence-electron chi connectivity index (χ3n) is 8.15. The smallest absolute Gasteiger partial charge is 0.336 e. The molecule has 170 valence electrons. The molecule has 2 heterocycles. The highest BCUT2D eigenvalue weighted by molar-refractivity contribution is 5.78. The van der Waals surface area contributed by atoms with E-state index < -0.39 is 60.2 Å². The second-order valence-corrected chi connectivity index (χ2v) is 9.59. The Kier molecular flexibility index (Phi) is 5.54. The highest BCUT2D eigenvalue weighted by atomic mass is 16.7. The van der Waals surface area contributed by atoms with Crippen molar-refractivity contribution in [1.82, 2.24) is 0 Å². The van der Waals surface area contributed by atoms with E-state index in [-0.39, 0.29) is 24.5 Å². The molecular formula is C21H32O9. The average molecular weight is 428 g/mol. The second kappa shape index (κ2) is 7.51. The maximum atomic E-state index is 12.4. The van der Waals surface area contributed by atoms with E-state index >= 15 is 0 Å². The topological polar surface area (TPSA) is 146 Å². The summed E-state index contributed by atoms with van der Waals surface area (Å²) in [6.45, 7) is 5.53. The summed E-state index contributed by atoms with van der Waals surface area (Å²) >= 11 is 0. The first-order valence-corrected chi connectivity index (χ1v) is 10.6. The summed E-state index contributed by atoms with van der Waals surface area (Å²) < 4.78 is 16.9. The molecule has 1 spiro atoms. The summed E-state index contributed by atoms with van der Waals surface area (Å²) in [5.74, 6) is -0.643.